The van der Waals surface area contributed by atoms with Crippen molar-refractivity contribution >= 4 is 17.7 Å². The topological polar surface area (TPSA) is 98.5 Å². The Labute approximate surface area is 142 Å². The van der Waals surface area contributed by atoms with Crippen molar-refractivity contribution in [1.29, 1.82) is 0 Å². The number of tetrazole rings is 1. The third-order valence-corrected chi connectivity index (χ3v) is 4.18. The molecule has 122 valence electrons. The maximum Gasteiger partial charge on any atom is 0.230 e. The number of benzene rings is 1. The van der Waals surface area contributed by atoms with E-state index in [1.807, 2.05) is 36.4 Å². The first-order valence-electron chi connectivity index (χ1n) is 7.20. The molecule has 0 saturated heterocycles. The minimum Gasteiger partial charge on any atom is -0.350 e. The van der Waals surface area contributed by atoms with Crippen molar-refractivity contribution in [3.05, 3.63) is 48.4 Å². The maximum atomic E-state index is 11.9. The average Bonchev–Trinajstić information content (AvgIpc) is 3.04. The van der Waals surface area contributed by atoms with Gasteiger partial charge in [0.2, 0.25) is 11.1 Å². The Morgan fingerprint density at radius 2 is 2.08 bits per heavy atom. The Hall–Kier alpha value is -2.81. The van der Waals surface area contributed by atoms with Crippen LogP contribution >= 0.6 is 11.8 Å². The predicted molar refractivity (Wildman–Crippen MR) is 88.8 cm³/mol. The van der Waals surface area contributed by atoms with Crippen molar-refractivity contribution in [3.63, 3.8) is 0 Å². The number of nitrogens with one attached hydrogen (secondary N) is 1. The summed E-state index contributed by atoms with van der Waals surface area (Å²) in [6.07, 6.45) is 1.50. The molecule has 0 unspecified atom stereocenters. The van der Waals surface area contributed by atoms with E-state index < -0.39 is 0 Å². The zero-order valence-electron chi connectivity index (χ0n) is 13.0. The molecule has 3 aromatic rings. The lowest BCUT2D eigenvalue weighted by Crippen LogP contribution is -2.25. The van der Waals surface area contributed by atoms with Crippen molar-refractivity contribution in [2.75, 3.05) is 5.75 Å². The number of thioether (sulfide) groups is 1. The number of hydrogen-bond acceptors (Lipinski definition) is 7. The minimum atomic E-state index is -0.108. The number of carbonyl (C=O) groups is 1. The Kier molecular flexibility index (Phi) is 5.12. The lowest BCUT2D eigenvalue weighted by Gasteiger charge is -2.06. The van der Waals surface area contributed by atoms with Crippen molar-refractivity contribution < 1.29 is 4.79 Å². The second-order valence-corrected chi connectivity index (χ2v) is 5.85. The van der Waals surface area contributed by atoms with E-state index in [2.05, 4.69) is 30.8 Å². The molecule has 1 N–H and O–H groups in total. The number of hydrogen-bond donors (Lipinski definition) is 1. The maximum absolute atomic E-state index is 11.9. The summed E-state index contributed by atoms with van der Waals surface area (Å²) in [7, 11) is 1.73. The van der Waals surface area contributed by atoms with E-state index in [0.29, 0.717) is 11.7 Å². The summed E-state index contributed by atoms with van der Waals surface area (Å²) in [4.78, 5) is 20.4. The Morgan fingerprint density at radius 1 is 1.25 bits per heavy atom. The summed E-state index contributed by atoms with van der Waals surface area (Å²) in [6, 6.07) is 11.7. The normalized spacial score (nSPS) is 10.5. The number of carbonyl (C=O) groups excluding carboxylic acids is 1. The first-order chi connectivity index (χ1) is 11.7. The summed E-state index contributed by atoms with van der Waals surface area (Å²) in [5.74, 6) is 0.132. The van der Waals surface area contributed by atoms with Gasteiger partial charge in [-0.15, -0.1) is 5.10 Å². The van der Waals surface area contributed by atoms with Gasteiger partial charge in [-0.25, -0.2) is 14.6 Å². The van der Waals surface area contributed by atoms with Crippen molar-refractivity contribution in [1.82, 2.24) is 35.5 Å². The summed E-state index contributed by atoms with van der Waals surface area (Å²) >= 11 is 1.28. The van der Waals surface area contributed by atoms with Crippen LogP contribution in [0.4, 0.5) is 0 Å². The van der Waals surface area contributed by atoms with Gasteiger partial charge in [-0.2, -0.15) is 0 Å². The third kappa shape index (κ3) is 4.13. The molecule has 0 aliphatic heterocycles. The summed E-state index contributed by atoms with van der Waals surface area (Å²) in [5.41, 5.74) is 2.59. The second kappa shape index (κ2) is 7.64. The highest BCUT2D eigenvalue weighted by molar-refractivity contribution is 7.99. The van der Waals surface area contributed by atoms with Crippen LogP contribution in [-0.4, -0.2) is 41.8 Å². The summed E-state index contributed by atoms with van der Waals surface area (Å²) < 4.78 is 1.52. The molecule has 0 spiro atoms. The van der Waals surface area contributed by atoms with Crippen LogP contribution in [0.15, 0.2) is 47.9 Å². The number of nitrogens with zero attached hydrogens (tertiary/aromatic N) is 6. The molecule has 0 saturated carbocycles. The zero-order chi connectivity index (χ0) is 16.8. The van der Waals surface area contributed by atoms with Gasteiger partial charge >= 0.3 is 0 Å². The average molecular weight is 341 g/mol. The monoisotopic (exact) mass is 341 g/mol. The summed E-state index contributed by atoms with van der Waals surface area (Å²) in [6.45, 7) is 0.346. The fourth-order valence-corrected chi connectivity index (χ4v) is 2.65. The van der Waals surface area contributed by atoms with Gasteiger partial charge in [0.25, 0.3) is 0 Å². The molecular formula is C15H15N7OS. The van der Waals surface area contributed by atoms with Crippen LogP contribution in [0.1, 0.15) is 5.69 Å². The molecule has 0 bridgehead atoms. The van der Waals surface area contributed by atoms with Gasteiger partial charge in [0, 0.05) is 12.6 Å². The fourth-order valence-electron chi connectivity index (χ4n) is 1.97. The largest absolute Gasteiger partial charge is 0.350 e. The Balaban J connectivity index is 1.55. The highest BCUT2D eigenvalue weighted by Gasteiger charge is 2.08. The Bertz CT molecular complexity index is 821. The van der Waals surface area contributed by atoms with E-state index in [9.17, 15) is 4.79 Å². The highest BCUT2D eigenvalue weighted by Crippen LogP contribution is 2.16. The van der Waals surface area contributed by atoms with Crippen molar-refractivity contribution in [3.8, 4) is 11.3 Å². The SMILES string of the molecule is Cn1nnnc1SCC(=O)NCc1cc(-c2ccccc2)ncn1. The van der Waals surface area contributed by atoms with E-state index in [1.54, 1.807) is 7.05 Å². The highest BCUT2D eigenvalue weighted by atomic mass is 32.2. The smallest absolute Gasteiger partial charge is 0.230 e. The van der Waals surface area contributed by atoms with E-state index in [1.165, 1.54) is 22.8 Å². The van der Waals surface area contributed by atoms with E-state index in [-0.39, 0.29) is 11.7 Å². The van der Waals surface area contributed by atoms with Gasteiger partial charge in [0.1, 0.15) is 6.33 Å². The van der Waals surface area contributed by atoms with Crippen LogP contribution in [0.3, 0.4) is 0 Å². The minimum absolute atomic E-state index is 0.108. The molecule has 2 heterocycles. The van der Waals surface area contributed by atoms with Gasteiger partial charge < -0.3 is 5.32 Å². The molecule has 0 radical (unpaired) electrons. The lowest BCUT2D eigenvalue weighted by atomic mass is 10.1. The molecule has 2 aromatic heterocycles. The Morgan fingerprint density at radius 3 is 2.83 bits per heavy atom. The molecule has 3 rings (SSSR count). The van der Waals surface area contributed by atoms with Crippen LogP contribution in [0, 0.1) is 0 Å². The first-order valence-corrected chi connectivity index (χ1v) is 8.19. The molecule has 1 aromatic carbocycles. The van der Waals surface area contributed by atoms with Crippen LogP contribution in [-0.2, 0) is 18.4 Å². The van der Waals surface area contributed by atoms with Crippen LogP contribution in [0.2, 0.25) is 0 Å². The number of aromatic nitrogens is 6. The molecule has 0 fully saturated rings. The lowest BCUT2D eigenvalue weighted by molar-refractivity contribution is -0.118. The quantitative estimate of drug-likeness (QED) is 0.670. The van der Waals surface area contributed by atoms with Gasteiger partial charge in [-0.1, -0.05) is 42.1 Å². The summed E-state index contributed by atoms with van der Waals surface area (Å²) in [5, 5.41) is 14.5. The fraction of sp³-hybridized carbons (Fsp3) is 0.200. The van der Waals surface area contributed by atoms with Crippen LogP contribution in [0.5, 0.6) is 0 Å². The number of amides is 1. The second-order valence-electron chi connectivity index (χ2n) is 4.91. The van der Waals surface area contributed by atoms with Crippen molar-refractivity contribution in [2.45, 2.75) is 11.7 Å². The van der Waals surface area contributed by atoms with E-state index in [4.69, 9.17) is 0 Å². The predicted octanol–water partition coefficient (Wildman–Crippen LogP) is 1.08. The molecular weight excluding hydrogens is 326 g/mol. The molecule has 24 heavy (non-hydrogen) atoms. The molecule has 0 aliphatic rings. The standard InChI is InChI=1S/C15H15N7OS/c1-22-15(19-20-21-22)24-9-14(23)16-8-12-7-13(18-10-17-12)11-5-3-2-4-6-11/h2-7,10H,8-9H2,1H3,(H,16,23). The van der Waals surface area contributed by atoms with Gasteiger partial charge in [0.05, 0.1) is 23.7 Å². The van der Waals surface area contributed by atoms with Gasteiger partial charge in [-0.3, -0.25) is 4.79 Å². The molecule has 9 heteroatoms. The van der Waals surface area contributed by atoms with E-state index in [0.717, 1.165) is 17.0 Å². The third-order valence-electron chi connectivity index (χ3n) is 3.17. The molecule has 0 aliphatic carbocycles. The van der Waals surface area contributed by atoms with Gasteiger partial charge in [-0.05, 0) is 16.5 Å². The number of rotatable bonds is 6. The zero-order valence-corrected chi connectivity index (χ0v) is 13.8. The van der Waals surface area contributed by atoms with Crippen LogP contribution < -0.4 is 5.32 Å². The van der Waals surface area contributed by atoms with Crippen molar-refractivity contribution in [2.24, 2.45) is 7.05 Å². The number of aryl methyl sites for hydroxylation is 1. The van der Waals surface area contributed by atoms with Gasteiger partial charge in [0.15, 0.2) is 0 Å². The van der Waals surface area contributed by atoms with E-state index >= 15 is 0 Å². The first kappa shape index (κ1) is 16.1. The van der Waals surface area contributed by atoms with Crippen LogP contribution in [0.25, 0.3) is 11.3 Å². The molecule has 8 nitrogen and oxygen atoms in total. The molecule has 1 amide bonds. The molecule has 0 atom stereocenters.